The Bertz CT molecular complexity index is 747. The van der Waals surface area contributed by atoms with Crippen LogP contribution in [-0.2, 0) is 6.61 Å². The van der Waals surface area contributed by atoms with Gasteiger partial charge in [0.15, 0.2) is 11.5 Å². The van der Waals surface area contributed by atoms with E-state index in [4.69, 9.17) is 14.7 Å². The van der Waals surface area contributed by atoms with Crippen LogP contribution >= 0.6 is 15.9 Å². The Balaban J connectivity index is 2.20. The molecule has 0 aliphatic carbocycles. The first-order valence-corrected chi connectivity index (χ1v) is 7.84. The lowest BCUT2D eigenvalue weighted by Crippen LogP contribution is -2.01. The van der Waals surface area contributed by atoms with Crippen LogP contribution in [0.4, 0.5) is 5.69 Å². The lowest BCUT2D eigenvalue weighted by molar-refractivity contribution is -0.384. The Labute approximate surface area is 146 Å². The van der Waals surface area contributed by atoms with Gasteiger partial charge in [-0.1, -0.05) is 5.16 Å². The molecule has 2 aromatic rings. The molecule has 2 rings (SSSR count). The minimum Gasteiger partial charge on any atom is -0.490 e. The fraction of sp³-hybridized carbons (Fsp3) is 0.188. The second kappa shape index (κ2) is 8.30. The number of nitro benzene ring substituents is 1. The highest BCUT2D eigenvalue weighted by molar-refractivity contribution is 9.10. The second-order valence-corrected chi connectivity index (χ2v) is 5.57. The van der Waals surface area contributed by atoms with Gasteiger partial charge >= 0.3 is 0 Å². The molecule has 2 aromatic carbocycles. The molecule has 0 heterocycles. The Morgan fingerprint density at radius 1 is 1.29 bits per heavy atom. The van der Waals surface area contributed by atoms with Crippen molar-refractivity contribution in [1.29, 1.82) is 0 Å². The number of nitrogens with zero attached hydrogens (tertiary/aromatic N) is 2. The lowest BCUT2D eigenvalue weighted by Gasteiger charge is -2.14. The van der Waals surface area contributed by atoms with Crippen LogP contribution < -0.4 is 9.47 Å². The van der Waals surface area contributed by atoms with Crippen molar-refractivity contribution in [3.05, 3.63) is 62.1 Å². The van der Waals surface area contributed by atoms with E-state index in [0.717, 1.165) is 5.56 Å². The highest BCUT2D eigenvalue weighted by atomic mass is 79.9. The summed E-state index contributed by atoms with van der Waals surface area (Å²) in [6, 6.07) is 9.56. The van der Waals surface area contributed by atoms with Crippen LogP contribution in [0.25, 0.3) is 0 Å². The van der Waals surface area contributed by atoms with E-state index in [1.165, 1.54) is 18.3 Å². The monoisotopic (exact) mass is 394 g/mol. The normalized spacial score (nSPS) is 10.8. The van der Waals surface area contributed by atoms with Crippen LogP contribution in [0.5, 0.6) is 11.5 Å². The maximum Gasteiger partial charge on any atom is 0.269 e. The molecular weight excluding hydrogens is 380 g/mol. The summed E-state index contributed by atoms with van der Waals surface area (Å²) in [4.78, 5) is 10.2. The molecule has 0 unspecified atom stereocenters. The number of hydrogen-bond donors (Lipinski definition) is 1. The van der Waals surface area contributed by atoms with Gasteiger partial charge in [0.1, 0.15) is 6.61 Å². The maximum absolute atomic E-state index is 10.7. The molecule has 8 heteroatoms. The molecule has 0 saturated heterocycles. The molecule has 0 radical (unpaired) electrons. The van der Waals surface area contributed by atoms with Gasteiger partial charge in [-0.3, -0.25) is 10.1 Å². The third-order valence-electron chi connectivity index (χ3n) is 3.07. The highest BCUT2D eigenvalue weighted by Crippen LogP contribution is 2.37. The molecule has 24 heavy (non-hydrogen) atoms. The predicted octanol–water partition coefficient (Wildman–Crippen LogP) is 4.14. The van der Waals surface area contributed by atoms with Crippen molar-refractivity contribution in [3.63, 3.8) is 0 Å². The zero-order valence-electron chi connectivity index (χ0n) is 12.8. The number of benzene rings is 2. The van der Waals surface area contributed by atoms with E-state index >= 15 is 0 Å². The predicted molar refractivity (Wildman–Crippen MR) is 92.1 cm³/mol. The fourth-order valence-electron chi connectivity index (χ4n) is 2.00. The first kappa shape index (κ1) is 17.7. The van der Waals surface area contributed by atoms with Gasteiger partial charge in [0.05, 0.1) is 22.2 Å². The summed E-state index contributed by atoms with van der Waals surface area (Å²) < 4.78 is 12.0. The molecule has 0 aliphatic heterocycles. The average Bonchev–Trinajstić information content (AvgIpc) is 2.55. The van der Waals surface area contributed by atoms with Gasteiger partial charge in [0.2, 0.25) is 0 Å². The quantitative estimate of drug-likeness (QED) is 0.329. The molecule has 0 atom stereocenters. The minimum absolute atomic E-state index is 0.0302. The first-order valence-electron chi connectivity index (χ1n) is 7.05. The van der Waals surface area contributed by atoms with Crippen LogP contribution in [-0.4, -0.2) is 23.0 Å². The summed E-state index contributed by atoms with van der Waals surface area (Å²) >= 11 is 3.40. The number of rotatable bonds is 7. The summed E-state index contributed by atoms with van der Waals surface area (Å²) in [5, 5.41) is 22.3. The van der Waals surface area contributed by atoms with Gasteiger partial charge < -0.3 is 14.7 Å². The van der Waals surface area contributed by atoms with E-state index < -0.39 is 4.92 Å². The average molecular weight is 395 g/mol. The first-order chi connectivity index (χ1) is 11.5. The van der Waals surface area contributed by atoms with Gasteiger partial charge in [-0.05, 0) is 52.7 Å². The molecule has 0 fully saturated rings. The van der Waals surface area contributed by atoms with Gasteiger partial charge in [-0.25, -0.2) is 0 Å². The van der Waals surface area contributed by atoms with Crippen molar-refractivity contribution in [1.82, 2.24) is 0 Å². The summed E-state index contributed by atoms with van der Waals surface area (Å²) in [6.45, 7) is 2.52. The van der Waals surface area contributed by atoms with Crippen LogP contribution in [0.3, 0.4) is 0 Å². The van der Waals surface area contributed by atoms with E-state index in [2.05, 4.69) is 21.1 Å². The largest absolute Gasteiger partial charge is 0.490 e. The third-order valence-corrected chi connectivity index (χ3v) is 3.66. The van der Waals surface area contributed by atoms with Crippen molar-refractivity contribution in [2.24, 2.45) is 5.16 Å². The highest BCUT2D eigenvalue weighted by Gasteiger charge is 2.13. The maximum atomic E-state index is 10.7. The zero-order chi connectivity index (χ0) is 17.5. The number of hydrogen-bond acceptors (Lipinski definition) is 6. The smallest absolute Gasteiger partial charge is 0.269 e. The SMILES string of the molecule is CCOc1cc(/C=N\O)cc(Br)c1OCc1ccc([N+](=O)[O-])cc1. The standard InChI is InChI=1S/C16H15BrN2O5/c1-2-23-15-8-12(9-18-20)7-14(17)16(15)24-10-11-3-5-13(6-4-11)19(21)22/h3-9,20H,2,10H2,1H3/b18-9-. The molecule has 7 nitrogen and oxygen atoms in total. The topological polar surface area (TPSA) is 94.2 Å². The van der Waals surface area contributed by atoms with Crippen molar-refractivity contribution in [3.8, 4) is 11.5 Å². The Morgan fingerprint density at radius 3 is 2.58 bits per heavy atom. The van der Waals surface area contributed by atoms with Crippen molar-refractivity contribution >= 4 is 27.8 Å². The van der Waals surface area contributed by atoms with Gasteiger partial charge in [0.25, 0.3) is 5.69 Å². The van der Waals surface area contributed by atoms with Gasteiger partial charge in [-0.15, -0.1) is 0 Å². The van der Waals surface area contributed by atoms with Gasteiger partial charge in [-0.2, -0.15) is 0 Å². The van der Waals surface area contributed by atoms with E-state index in [1.807, 2.05) is 6.92 Å². The zero-order valence-corrected chi connectivity index (χ0v) is 14.4. The fourth-order valence-corrected chi connectivity index (χ4v) is 2.58. The van der Waals surface area contributed by atoms with Crippen molar-refractivity contribution in [2.75, 3.05) is 6.61 Å². The van der Waals surface area contributed by atoms with Gasteiger partial charge in [0, 0.05) is 17.7 Å². The molecule has 126 valence electrons. The molecule has 1 N–H and O–H groups in total. The Kier molecular flexibility index (Phi) is 6.14. The summed E-state index contributed by atoms with van der Waals surface area (Å²) in [6.07, 6.45) is 1.29. The number of oxime groups is 1. The molecule has 0 amide bonds. The summed E-state index contributed by atoms with van der Waals surface area (Å²) in [7, 11) is 0. The summed E-state index contributed by atoms with van der Waals surface area (Å²) in [5.74, 6) is 1.01. The van der Waals surface area contributed by atoms with Crippen LogP contribution in [0.15, 0.2) is 46.0 Å². The van der Waals surface area contributed by atoms with E-state index in [-0.39, 0.29) is 12.3 Å². The van der Waals surface area contributed by atoms with Crippen LogP contribution in [0, 0.1) is 10.1 Å². The molecule has 0 aromatic heterocycles. The molecule has 0 spiro atoms. The Morgan fingerprint density at radius 2 is 2.00 bits per heavy atom. The van der Waals surface area contributed by atoms with Crippen LogP contribution in [0.2, 0.25) is 0 Å². The molecule has 0 bridgehead atoms. The second-order valence-electron chi connectivity index (χ2n) is 4.72. The molecular formula is C16H15BrN2O5. The van der Waals surface area contributed by atoms with Crippen LogP contribution in [0.1, 0.15) is 18.1 Å². The summed E-state index contributed by atoms with van der Waals surface area (Å²) in [5.41, 5.74) is 1.47. The Hall–Kier alpha value is -2.61. The van der Waals surface area contributed by atoms with Crippen molar-refractivity contribution in [2.45, 2.75) is 13.5 Å². The lowest BCUT2D eigenvalue weighted by atomic mass is 10.2. The third kappa shape index (κ3) is 4.45. The minimum atomic E-state index is -0.449. The van der Waals surface area contributed by atoms with E-state index in [1.54, 1.807) is 24.3 Å². The molecule has 0 aliphatic rings. The molecule has 0 saturated carbocycles. The number of halogens is 1. The van der Waals surface area contributed by atoms with Crippen molar-refractivity contribution < 1.29 is 19.6 Å². The number of ether oxygens (including phenoxy) is 2. The number of non-ortho nitro benzene ring substituents is 1. The van der Waals surface area contributed by atoms with E-state index in [0.29, 0.717) is 28.1 Å². The van der Waals surface area contributed by atoms with E-state index in [9.17, 15) is 10.1 Å². The number of nitro groups is 1.